The van der Waals surface area contributed by atoms with Gasteiger partial charge in [-0.1, -0.05) is 198 Å². The molecular weight excluding hydrogens is 993 g/mol. The summed E-state index contributed by atoms with van der Waals surface area (Å²) in [6.45, 7) is 9.55. The number of anilines is 3. The van der Waals surface area contributed by atoms with E-state index < -0.39 is 0 Å². The predicted molar refractivity (Wildman–Crippen MR) is 345 cm³/mol. The van der Waals surface area contributed by atoms with Gasteiger partial charge in [-0.05, 0) is 153 Å². The summed E-state index contributed by atoms with van der Waals surface area (Å²) in [7, 11) is 0. The molecule has 82 heavy (non-hydrogen) atoms. The van der Waals surface area contributed by atoms with Crippen LogP contribution in [-0.2, 0) is 10.8 Å². The van der Waals surface area contributed by atoms with Crippen LogP contribution in [0.1, 0.15) is 49.9 Å². The molecule has 0 unspecified atom stereocenters. The van der Waals surface area contributed by atoms with Gasteiger partial charge in [0.15, 0.2) is 0 Å². The first-order chi connectivity index (χ1) is 40.2. The molecule has 0 fully saturated rings. The van der Waals surface area contributed by atoms with Crippen LogP contribution in [0.25, 0.3) is 116 Å². The van der Waals surface area contributed by atoms with Crippen molar-refractivity contribution < 1.29 is 0 Å². The van der Waals surface area contributed by atoms with Crippen LogP contribution in [-0.4, -0.2) is 13.7 Å². The molecule has 0 atom stereocenters. The minimum atomic E-state index is -0.188. The summed E-state index contributed by atoms with van der Waals surface area (Å²) in [5.41, 5.74) is 26.7. The Bertz CT molecular complexity index is 5130. The monoisotopic (exact) mass is 1050 g/mol. The fourth-order valence-corrected chi connectivity index (χ4v) is 14.8. The van der Waals surface area contributed by atoms with Crippen LogP contribution >= 0.6 is 0 Å². The van der Waals surface area contributed by atoms with Crippen molar-refractivity contribution in [2.24, 2.45) is 0 Å². The smallest absolute Gasteiger partial charge is 0.0641 e. The van der Waals surface area contributed by atoms with Crippen molar-refractivity contribution in [3.63, 3.8) is 0 Å². The summed E-state index contributed by atoms with van der Waals surface area (Å²) in [5, 5.41) is 7.41. The minimum absolute atomic E-state index is 0.133. The van der Waals surface area contributed by atoms with E-state index in [1.54, 1.807) is 0 Å². The quantitative estimate of drug-likeness (QED) is 0.156. The molecular formula is C78H56N4. The number of rotatable bonds is 7. The lowest BCUT2D eigenvalue weighted by molar-refractivity contribution is 0.660. The second-order valence-corrected chi connectivity index (χ2v) is 23.7. The molecule has 0 spiro atoms. The predicted octanol–water partition coefficient (Wildman–Crippen LogP) is 20.7. The Morgan fingerprint density at radius 1 is 0.268 bits per heavy atom. The molecule has 15 aromatic rings. The molecule has 12 aromatic carbocycles. The Morgan fingerprint density at radius 2 is 0.659 bits per heavy atom. The lowest BCUT2D eigenvalue weighted by Gasteiger charge is -2.26. The van der Waals surface area contributed by atoms with Crippen molar-refractivity contribution in [3.8, 4) is 50.4 Å². The first-order valence-electron chi connectivity index (χ1n) is 28.8. The molecule has 0 N–H and O–H groups in total. The van der Waals surface area contributed by atoms with E-state index in [0.717, 1.165) is 34.0 Å². The Hall–Kier alpha value is -10.2. The van der Waals surface area contributed by atoms with Gasteiger partial charge >= 0.3 is 0 Å². The number of hydrogen-bond donors (Lipinski definition) is 0. The Labute approximate surface area is 476 Å². The zero-order chi connectivity index (χ0) is 54.6. The maximum absolute atomic E-state index is 2.65. The largest absolute Gasteiger partial charge is 0.311 e. The van der Waals surface area contributed by atoms with Gasteiger partial charge in [-0.2, -0.15) is 0 Å². The highest BCUT2D eigenvalue weighted by Gasteiger charge is 2.37. The average Bonchev–Trinajstić information content (AvgIpc) is 4.46. The molecule has 3 heterocycles. The first-order valence-corrected chi connectivity index (χ1v) is 28.8. The van der Waals surface area contributed by atoms with Gasteiger partial charge < -0.3 is 18.6 Å². The highest BCUT2D eigenvalue weighted by Crippen LogP contribution is 2.53. The van der Waals surface area contributed by atoms with Gasteiger partial charge in [0.05, 0.1) is 33.1 Å². The number of fused-ring (bicyclic) bond motifs is 17. The second kappa shape index (κ2) is 17.2. The van der Waals surface area contributed by atoms with E-state index in [2.05, 4.69) is 313 Å². The van der Waals surface area contributed by atoms with Crippen LogP contribution in [0.2, 0.25) is 0 Å². The van der Waals surface area contributed by atoms with E-state index in [4.69, 9.17) is 0 Å². The minimum Gasteiger partial charge on any atom is -0.311 e. The number of aromatic nitrogens is 3. The average molecular weight is 1050 g/mol. The van der Waals surface area contributed by atoms with Gasteiger partial charge in [-0.3, -0.25) is 0 Å². The highest BCUT2D eigenvalue weighted by molar-refractivity contribution is 6.31. The summed E-state index contributed by atoms with van der Waals surface area (Å²) in [6, 6.07) is 99.5. The number of nitrogens with zero attached hydrogens (tertiary/aromatic N) is 4. The van der Waals surface area contributed by atoms with E-state index >= 15 is 0 Å². The van der Waals surface area contributed by atoms with Crippen molar-refractivity contribution in [3.05, 3.63) is 289 Å². The Morgan fingerprint density at radius 3 is 1.20 bits per heavy atom. The molecule has 388 valence electrons. The molecule has 0 amide bonds. The first kappa shape index (κ1) is 46.7. The van der Waals surface area contributed by atoms with Crippen LogP contribution < -0.4 is 4.90 Å². The summed E-state index contributed by atoms with van der Waals surface area (Å²) in [6.07, 6.45) is 0. The van der Waals surface area contributed by atoms with Crippen molar-refractivity contribution in [2.45, 2.75) is 38.5 Å². The molecule has 0 saturated heterocycles. The number of hydrogen-bond acceptors (Lipinski definition) is 1. The fraction of sp³-hybridized carbons (Fsp3) is 0.0769. The lowest BCUT2D eigenvalue weighted by atomic mass is 9.82. The Balaban J connectivity index is 0.910. The van der Waals surface area contributed by atoms with Crippen molar-refractivity contribution in [2.75, 3.05) is 4.90 Å². The molecule has 0 saturated carbocycles. The lowest BCUT2D eigenvalue weighted by Crippen LogP contribution is -2.15. The van der Waals surface area contributed by atoms with E-state index in [9.17, 15) is 0 Å². The molecule has 4 heteroatoms. The van der Waals surface area contributed by atoms with Crippen LogP contribution in [0, 0.1) is 0 Å². The molecule has 17 rings (SSSR count). The molecule has 4 nitrogen and oxygen atoms in total. The molecule has 0 aliphatic heterocycles. The third kappa shape index (κ3) is 6.49. The van der Waals surface area contributed by atoms with Gasteiger partial charge in [0.2, 0.25) is 0 Å². The zero-order valence-corrected chi connectivity index (χ0v) is 46.2. The summed E-state index contributed by atoms with van der Waals surface area (Å²) < 4.78 is 7.65. The van der Waals surface area contributed by atoms with Crippen molar-refractivity contribution in [1.29, 1.82) is 0 Å². The third-order valence-electron chi connectivity index (χ3n) is 18.6. The third-order valence-corrected chi connectivity index (χ3v) is 18.6. The molecule has 0 bridgehead atoms. The van der Waals surface area contributed by atoms with Crippen molar-refractivity contribution in [1.82, 2.24) is 13.7 Å². The molecule has 2 aliphatic carbocycles. The highest BCUT2D eigenvalue weighted by atomic mass is 15.1. The summed E-state index contributed by atoms with van der Waals surface area (Å²) in [4.78, 5) is 2.35. The van der Waals surface area contributed by atoms with Gasteiger partial charge in [0.1, 0.15) is 0 Å². The van der Waals surface area contributed by atoms with Crippen LogP contribution in [0.3, 0.4) is 0 Å². The Kier molecular flexibility index (Phi) is 9.79. The zero-order valence-electron chi connectivity index (χ0n) is 46.2. The molecule has 2 aliphatic rings. The van der Waals surface area contributed by atoms with E-state index in [0.29, 0.717) is 0 Å². The van der Waals surface area contributed by atoms with E-state index in [1.165, 1.54) is 121 Å². The van der Waals surface area contributed by atoms with Crippen LogP contribution in [0.5, 0.6) is 0 Å². The van der Waals surface area contributed by atoms with E-state index in [-0.39, 0.29) is 10.8 Å². The number of benzene rings is 12. The number of para-hydroxylation sites is 3. The normalized spacial score (nSPS) is 13.8. The SMILES string of the molecule is CC1(C)c2ccccc2-c2ccc(-n3c4ccccc4c4c3ccc3c5ccc6c(c7ccccc7n6-c6ccc(N(c7ccccc7)c7ccc(-c8ccccc8)cc7)cc6)c5n(-c5ccc6c(c5)C(C)(C)c5ccccc5-6)c34)cc21. The van der Waals surface area contributed by atoms with E-state index in [1.807, 2.05) is 0 Å². The van der Waals surface area contributed by atoms with Gasteiger partial charge in [0.25, 0.3) is 0 Å². The standard InChI is InChI=1S/C78H56N4/c1-77(2)65-27-15-11-23-57(65)59-41-39-55(47-67(59)77)81-70-30-18-14-26-64(70)74-72(81)46-44-62-61-43-45-71-73(75(61)82(76(62)74)56-40-42-60-58-24-12-16-28-66(58)78(3,4)68(60)48-56)63-25-13-17-29-69(63)80(71)54-37-35-53(36-38-54)79(51-21-9-6-10-22-51)52-33-31-50(32-34-52)49-19-7-5-8-20-49/h5-48H,1-4H3. The maximum atomic E-state index is 2.65. The van der Waals surface area contributed by atoms with Gasteiger partial charge in [-0.15, -0.1) is 0 Å². The maximum Gasteiger partial charge on any atom is 0.0641 e. The molecule has 3 aromatic heterocycles. The fourth-order valence-electron chi connectivity index (χ4n) is 14.8. The molecule has 0 radical (unpaired) electrons. The summed E-state index contributed by atoms with van der Waals surface area (Å²) in [5.74, 6) is 0. The second-order valence-electron chi connectivity index (χ2n) is 23.7. The van der Waals surface area contributed by atoms with Gasteiger partial charge in [-0.25, -0.2) is 0 Å². The van der Waals surface area contributed by atoms with Crippen molar-refractivity contribution >= 4 is 82.5 Å². The van der Waals surface area contributed by atoms with Gasteiger partial charge in [0, 0.05) is 77.3 Å². The topological polar surface area (TPSA) is 18.0 Å². The van der Waals surface area contributed by atoms with Crippen LogP contribution in [0.4, 0.5) is 17.1 Å². The van der Waals surface area contributed by atoms with Crippen LogP contribution in [0.15, 0.2) is 267 Å². The summed E-state index contributed by atoms with van der Waals surface area (Å²) >= 11 is 0.